The summed E-state index contributed by atoms with van der Waals surface area (Å²) >= 11 is 0. The van der Waals surface area contributed by atoms with Gasteiger partial charge >= 0.3 is 0 Å². The van der Waals surface area contributed by atoms with E-state index < -0.39 is 0 Å². The second-order valence-electron chi connectivity index (χ2n) is 2.55. The first-order valence-electron chi connectivity index (χ1n) is 3.69. The molecule has 1 saturated heterocycles. The largest absolute Gasteiger partial charge is 0.377 e. The van der Waals surface area contributed by atoms with Crippen LogP contribution in [0, 0.1) is 0 Å². The lowest BCUT2D eigenvalue weighted by molar-refractivity contribution is 0.0181. The zero-order chi connectivity index (χ0) is 6.53. The minimum atomic E-state index is 0. The van der Waals surface area contributed by atoms with E-state index >= 15 is 0 Å². The molecule has 1 atom stereocenters. The second kappa shape index (κ2) is 5.96. The van der Waals surface area contributed by atoms with Gasteiger partial charge in [0.25, 0.3) is 0 Å². The molecule has 1 aliphatic heterocycles. The fraction of sp³-hybridized carbons (Fsp3) is 1.00. The SMILES string of the molecule is CNC[C@@H]1CCCCO1.Cl. The van der Waals surface area contributed by atoms with Crippen LogP contribution in [0.2, 0.25) is 0 Å². The molecule has 1 fully saturated rings. The summed E-state index contributed by atoms with van der Waals surface area (Å²) in [7, 11) is 1.97. The van der Waals surface area contributed by atoms with Crippen LogP contribution in [0.3, 0.4) is 0 Å². The van der Waals surface area contributed by atoms with Crippen LogP contribution in [0.15, 0.2) is 0 Å². The van der Waals surface area contributed by atoms with E-state index in [2.05, 4.69) is 5.32 Å². The topological polar surface area (TPSA) is 21.3 Å². The first kappa shape index (κ1) is 10.2. The van der Waals surface area contributed by atoms with Gasteiger partial charge in [0, 0.05) is 13.2 Å². The zero-order valence-corrected chi connectivity index (χ0v) is 7.25. The Kier molecular flexibility index (Phi) is 6.08. The number of hydrogen-bond acceptors (Lipinski definition) is 2. The Balaban J connectivity index is 0.000000810. The summed E-state index contributed by atoms with van der Waals surface area (Å²) in [6.07, 6.45) is 4.32. The van der Waals surface area contributed by atoms with Crippen molar-refractivity contribution < 1.29 is 4.74 Å². The highest BCUT2D eigenvalue weighted by atomic mass is 35.5. The molecule has 2 nitrogen and oxygen atoms in total. The maximum absolute atomic E-state index is 5.46. The van der Waals surface area contributed by atoms with Gasteiger partial charge in [0.15, 0.2) is 0 Å². The van der Waals surface area contributed by atoms with Gasteiger partial charge in [0.05, 0.1) is 6.10 Å². The van der Waals surface area contributed by atoms with Crippen LogP contribution >= 0.6 is 12.4 Å². The smallest absolute Gasteiger partial charge is 0.0699 e. The van der Waals surface area contributed by atoms with Gasteiger partial charge in [-0.1, -0.05) is 0 Å². The van der Waals surface area contributed by atoms with E-state index in [-0.39, 0.29) is 12.4 Å². The van der Waals surface area contributed by atoms with E-state index in [1.54, 1.807) is 0 Å². The Morgan fingerprint density at radius 2 is 2.30 bits per heavy atom. The van der Waals surface area contributed by atoms with E-state index in [1.807, 2.05) is 7.05 Å². The Morgan fingerprint density at radius 3 is 2.80 bits per heavy atom. The Morgan fingerprint density at radius 1 is 1.50 bits per heavy atom. The number of ether oxygens (including phenoxy) is 1. The predicted molar refractivity (Wildman–Crippen MR) is 44.8 cm³/mol. The normalized spacial score (nSPS) is 25.5. The van der Waals surface area contributed by atoms with Gasteiger partial charge in [-0.05, 0) is 26.3 Å². The van der Waals surface area contributed by atoms with Crippen molar-refractivity contribution in [1.29, 1.82) is 0 Å². The molecule has 0 aliphatic carbocycles. The van der Waals surface area contributed by atoms with Crippen LogP contribution < -0.4 is 5.32 Å². The molecule has 62 valence electrons. The van der Waals surface area contributed by atoms with E-state index in [0.717, 1.165) is 13.2 Å². The van der Waals surface area contributed by atoms with Crippen molar-refractivity contribution in [3.8, 4) is 0 Å². The summed E-state index contributed by atoms with van der Waals surface area (Å²) in [5.74, 6) is 0. The summed E-state index contributed by atoms with van der Waals surface area (Å²) in [5.41, 5.74) is 0. The van der Waals surface area contributed by atoms with Gasteiger partial charge in [0.1, 0.15) is 0 Å². The van der Waals surface area contributed by atoms with Crippen molar-refractivity contribution >= 4 is 12.4 Å². The molecular formula is C7H16ClNO. The molecule has 1 N–H and O–H groups in total. The standard InChI is InChI=1S/C7H15NO.ClH/c1-8-6-7-4-2-3-5-9-7;/h7-8H,2-6H2,1H3;1H/t7-;/m0./s1. The summed E-state index contributed by atoms with van der Waals surface area (Å²) < 4.78 is 5.46. The van der Waals surface area contributed by atoms with E-state index in [1.165, 1.54) is 19.3 Å². The minimum Gasteiger partial charge on any atom is -0.377 e. The molecule has 0 radical (unpaired) electrons. The quantitative estimate of drug-likeness (QED) is 0.664. The maximum Gasteiger partial charge on any atom is 0.0699 e. The number of likely N-dealkylation sites (N-methyl/N-ethyl adjacent to an activating group) is 1. The van der Waals surface area contributed by atoms with Crippen molar-refractivity contribution in [2.75, 3.05) is 20.2 Å². The number of hydrogen-bond donors (Lipinski definition) is 1. The predicted octanol–water partition coefficient (Wildman–Crippen LogP) is 1.20. The van der Waals surface area contributed by atoms with Gasteiger partial charge in [-0.25, -0.2) is 0 Å². The molecule has 0 aromatic rings. The number of halogens is 1. The molecule has 0 bridgehead atoms. The number of rotatable bonds is 2. The highest BCUT2D eigenvalue weighted by molar-refractivity contribution is 5.85. The summed E-state index contributed by atoms with van der Waals surface area (Å²) in [4.78, 5) is 0. The van der Waals surface area contributed by atoms with E-state index in [0.29, 0.717) is 6.10 Å². The van der Waals surface area contributed by atoms with Crippen molar-refractivity contribution in [3.63, 3.8) is 0 Å². The lowest BCUT2D eigenvalue weighted by Gasteiger charge is -2.21. The van der Waals surface area contributed by atoms with Crippen molar-refractivity contribution in [2.45, 2.75) is 25.4 Å². The molecular weight excluding hydrogens is 150 g/mol. The monoisotopic (exact) mass is 165 g/mol. The van der Waals surface area contributed by atoms with Crippen LogP contribution in [-0.2, 0) is 4.74 Å². The third-order valence-corrected chi connectivity index (χ3v) is 1.71. The first-order valence-corrected chi connectivity index (χ1v) is 3.69. The summed E-state index contributed by atoms with van der Waals surface area (Å²) in [5, 5.41) is 3.11. The fourth-order valence-corrected chi connectivity index (χ4v) is 1.20. The fourth-order valence-electron chi connectivity index (χ4n) is 1.20. The molecule has 0 aromatic heterocycles. The molecule has 1 aliphatic rings. The van der Waals surface area contributed by atoms with E-state index in [9.17, 15) is 0 Å². The minimum absolute atomic E-state index is 0. The first-order chi connectivity index (χ1) is 4.43. The third kappa shape index (κ3) is 3.40. The van der Waals surface area contributed by atoms with Gasteiger partial charge in [0.2, 0.25) is 0 Å². The van der Waals surface area contributed by atoms with Crippen LogP contribution in [0.25, 0.3) is 0 Å². The van der Waals surface area contributed by atoms with Gasteiger partial charge in [-0.15, -0.1) is 12.4 Å². The van der Waals surface area contributed by atoms with Crippen molar-refractivity contribution in [2.24, 2.45) is 0 Å². The second-order valence-corrected chi connectivity index (χ2v) is 2.55. The molecule has 10 heavy (non-hydrogen) atoms. The average molecular weight is 166 g/mol. The van der Waals surface area contributed by atoms with Crippen LogP contribution in [-0.4, -0.2) is 26.3 Å². The van der Waals surface area contributed by atoms with E-state index in [4.69, 9.17) is 4.74 Å². The zero-order valence-electron chi connectivity index (χ0n) is 6.43. The molecule has 0 saturated carbocycles. The Bertz CT molecular complexity index is 71.3. The van der Waals surface area contributed by atoms with Crippen LogP contribution in [0.5, 0.6) is 0 Å². The highest BCUT2D eigenvalue weighted by Crippen LogP contribution is 2.10. The lowest BCUT2D eigenvalue weighted by Crippen LogP contribution is -2.29. The third-order valence-electron chi connectivity index (χ3n) is 1.71. The summed E-state index contributed by atoms with van der Waals surface area (Å²) in [6, 6.07) is 0. The molecule has 0 amide bonds. The molecule has 0 aromatic carbocycles. The molecule has 0 unspecified atom stereocenters. The van der Waals surface area contributed by atoms with Gasteiger partial charge in [-0.3, -0.25) is 0 Å². The summed E-state index contributed by atoms with van der Waals surface area (Å²) in [6.45, 7) is 1.98. The molecule has 1 rings (SSSR count). The Labute approximate surface area is 68.7 Å². The van der Waals surface area contributed by atoms with Crippen LogP contribution in [0.4, 0.5) is 0 Å². The lowest BCUT2D eigenvalue weighted by atomic mass is 10.1. The maximum atomic E-state index is 5.46. The van der Waals surface area contributed by atoms with Gasteiger partial charge < -0.3 is 10.1 Å². The van der Waals surface area contributed by atoms with Crippen LogP contribution in [0.1, 0.15) is 19.3 Å². The van der Waals surface area contributed by atoms with Crippen molar-refractivity contribution in [3.05, 3.63) is 0 Å². The molecule has 1 heterocycles. The molecule has 3 heteroatoms. The average Bonchev–Trinajstić information content (AvgIpc) is 1.91. The Hall–Kier alpha value is 0.210. The highest BCUT2D eigenvalue weighted by Gasteiger charge is 2.11. The van der Waals surface area contributed by atoms with Gasteiger partial charge in [-0.2, -0.15) is 0 Å². The van der Waals surface area contributed by atoms with Crippen molar-refractivity contribution in [1.82, 2.24) is 5.32 Å². The number of nitrogens with one attached hydrogen (secondary N) is 1. The molecule has 0 spiro atoms.